The number of nitro groups is 1. The van der Waals surface area contributed by atoms with Crippen molar-refractivity contribution in [2.24, 2.45) is 0 Å². The molecule has 0 amide bonds. The molecule has 0 aliphatic carbocycles. The molecule has 25 heavy (non-hydrogen) atoms. The lowest BCUT2D eigenvalue weighted by atomic mass is 10.2. The number of ether oxygens (including phenoxy) is 1. The number of aliphatic hydroxyl groups excluding tert-OH is 1. The summed E-state index contributed by atoms with van der Waals surface area (Å²) in [5, 5.41) is 21.1. The molecule has 1 N–H and O–H groups in total. The summed E-state index contributed by atoms with van der Waals surface area (Å²) < 4.78 is 30.9. The number of aromatic nitrogens is 1. The molecule has 1 atom stereocenters. The lowest BCUT2D eigenvalue weighted by Gasteiger charge is -2.14. The molecule has 1 unspecified atom stereocenters. The fourth-order valence-electron chi connectivity index (χ4n) is 2.10. The van der Waals surface area contributed by atoms with Gasteiger partial charge in [-0.1, -0.05) is 11.6 Å². The summed E-state index contributed by atoms with van der Waals surface area (Å²) in [6, 6.07) is 5.53. The molecule has 2 rings (SSSR count). The van der Waals surface area contributed by atoms with E-state index in [-0.39, 0.29) is 17.3 Å². The molecule has 134 valence electrons. The van der Waals surface area contributed by atoms with Crippen LogP contribution < -0.4 is 0 Å². The zero-order valence-electron chi connectivity index (χ0n) is 12.8. The van der Waals surface area contributed by atoms with Crippen molar-refractivity contribution in [3.8, 4) is 0 Å². The van der Waals surface area contributed by atoms with Crippen LogP contribution in [0.1, 0.15) is 18.7 Å². The third kappa shape index (κ3) is 3.65. The number of nitro benzene ring substituents is 1. The molecular weight excluding hydrogens is 376 g/mol. The van der Waals surface area contributed by atoms with E-state index in [1.807, 2.05) is 0 Å². The minimum absolute atomic E-state index is 0.0108. The van der Waals surface area contributed by atoms with Crippen LogP contribution in [0, 0.1) is 10.1 Å². The van der Waals surface area contributed by atoms with Gasteiger partial charge >= 0.3 is 5.97 Å². The molecule has 0 spiro atoms. The summed E-state index contributed by atoms with van der Waals surface area (Å²) >= 11 is 5.76. The Kier molecular flexibility index (Phi) is 5.45. The van der Waals surface area contributed by atoms with Crippen molar-refractivity contribution < 1.29 is 28.0 Å². The molecule has 0 saturated heterocycles. The molecular formula is C14H13ClN2O7S. The molecule has 1 aromatic carbocycles. The average Bonchev–Trinajstić information content (AvgIpc) is 3.04. The van der Waals surface area contributed by atoms with Gasteiger partial charge in [-0.05, 0) is 31.2 Å². The van der Waals surface area contributed by atoms with Crippen LogP contribution in [0.4, 0.5) is 5.69 Å². The maximum Gasteiger partial charge on any atom is 0.341 e. The molecule has 11 heteroatoms. The van der Waals surface area contributed by atoms with E-state index in [9.17, 15) is 28.4 Å². The molecule has 0 fully saturated rings. The Labute approximate surface area is 147 Å². The van der Waals surface area contributed by atoms with Crippen molar-refractivity contribution in [2.45, 2.75) is 17.9 Å². The van der Waals surface area contributed by atoms with E-state index in [2.05, 4.69) is 4.74 Å². The minimum atomic E-state index is -4.50. The third-order valence-electron chi connectivity index (χ3n) is 3.19. The van der Waals surface area contributed by atoms with E-state index in [0.717, 1.165) is 18.3 Å². The molecule has 0 saturated carbocycles. The zero-order chi connectivity index (χ0) is 18.8. The molecule has 0 bridgehead atoms. The molecule has 1 heterocycles. The van der Waals surface area contributed by atoms with Gasteiger partial charge < -0.3 is 9.84 Å². The van der Waals surface area contributed by atoms with Crippen molar-refractivity contribution >= 4 is 33.3 Å². The van der Waals surface area contributed by atoms with Gasteiger partial charge in [0.05, 0.1) is 17.2 Å². The van der Waals surface area contributed by atoms with Crippen molar-refractivity contribution in [1.82, 2.24) is 3.97 Å². The Hall–Kier alpha value is -2.43. The summed E-state index contributed by atoms with van der Waals surface area (Å²) in [5.41, 5.74) is -0.998. The largest absolute Gasteiger partial charge is 0.464 e. The van der Waals surface area contributed by atoms with Crippen LogP contribution in [-0.4, -0.2) is 35.0 Å². The Bertz CT molecular complexity index is 923. The molecule has 9 nitrogen and oxygen atoms in total. The van der Waals surface area contributed by atoms with E-state index in [4.69, 9.17) is 11.6 Å². The number of halogens is 1. The highest BCUT2D eigenvalue weighted by molar-refractivity contribution is 7.90. The van der Waals surface area contributed by atoms with E-state index in [1.165, 1.54) is 25.1 Å². The van der Waals surface area contributed by atoms with E-state index >= 15 is 0 Å². The smallest absolute Gasteiger partial charge is 0.341 e. The first kappa shape index (κ1) is 18.9. The maximum absolute atomic E-state index is 12.8. The lowest BCUT2D eigenvalue weighted by molar-refractivity contribution is -0.387. The zero-order valence-corrected chi connectivity index (χ0v) is 14.4. The number of hydrogen-bond acceptors (Lipinski definition) is 7. The predicted molar refractivity (Wildman–Crippen MR) is 86.7 cm³/mol. The van der Waals surface area contributed by atoms with Crippen molar-refractivity contribution in [3.63, 3.8) is 0 Å². The van der Waals surface area contributed by atoms with Crippen LogP contribution in [0.2, 0.25) is 5.02 Å². The van der Waals surface area contributed by atoms with Crippen molar-refractivity contribution in [3.05, 3.63) is 57.4 Å². The molecule has 0 radical (unpaired) electrons. The topological polar surface area (TPSA) is 129 Å². The van der Waals surface area contributed by atoms with Crippen LogP contribution in [0.25, 0.3) is 0 Å². The Morgan fingerprint density at radius 3 is 2.72 bits per heavy atom. The second-order valence-corrected chi connectivity index (χ2v) is 6.98. The number of nitrogens with zero attached hydrogens (tertiary/aromatic N) is 2. The minimum Gasteiger partial charge on any atom is -0.464 e. The highest BCUT2D eigenvalue weighted by atomic mass is 35.5. The number of esters is 1. The third-order valence-corrected chi connectivity index (χ3v) is 5.16. The standard InChI is InChI=1S/C14H13ClN2O7S/c1-2-24-14(19)13(18)11-4-3-7-16(11)25(22,23)12-8-9(15)5-6-10(12)17(20)21/h3-8,13,18H,2H2,1H3. The van der Waals surface area contributed by atoms with Crippen molar-refractivity contribution in [1.29, 1.82) is 0 Å². The van der Waals surface area contributed by atoms with E-state index in [0.29, 0.717) is 3.97 Å². The number of carbonyl (C=O) groups excluding carboxylic acids is 1. The Balaban J connectivity index is 2.61. The molecule has 2 aromatic rings. The Morgan fingerprint density at radius 2 is 2.12 bits per heavy atom. The van der Waals surface area contributed by atoms with Crippen LogP contribution in [0.3, 0.4) is 0 Å². The average molecular weight is 389 g/mol. The molecule has 1 aromatic heterocycles. The fourth-order valence-corrected chi connectivity index (χ4v) is 3.90. The fraction of sp³-hybridized carbons (Fsp3) is 0.214. The Morgan fingerprint density at radius 1 is 1.44 bits per heavy atom. The van der Waals surface area contributed by atoms with Gasteiger partial charge in [-0.15, -0.1) is 0 Å². The predicted octanol–water partition coefficient (Wildman–Crippen LogP) is 1.88. The summed E-state index contributed by atoms with van der Waals surface area (Å²) in [5.74, 6) is -1.04. The van der Waals surface area contributed by atoms with Gasteiger partial charge in [0.25, 0.3) is 15.7 Å². The number of rotatable bonds is 6. The van der Waals surface area contributed by atoms with Gasteiger partial charge in [-0.3, -0.25) is 10.1 Å². The van der Waals surface area contributed by atoms with E-state index < -0.39 is 37.6 Å². The quantitative estimate of drug-likeness (QED) is 0.454. The lowest BCUT2D eigenvalue weighted by Crippen LogP contribution is -2.23. The highest BCUT2D eigenvalue weighted by Crippen LogP contribution is 2.30. The van der Waals surface area contributed by atoms with Gasteiger partial charge in [0.15, 0.2) is 11.0 Å². The first-order valence-corrected chi connectivity index (χ1v) is 8.73. The van der Waals surface area contributed by atoms with Crippen LogP contribution in [0.15, 0.2) is 41.4 Å². The SMILES string of the molecule is CCOC(=O)C(O)c1cccn1S(=O)(=O)c1cc(Cl)ccc1[N+](=O)[O-]. The first-order valence-electron chi connectivity index (χ1n) is 6.91. The van der Waals surface area contributed by atoms with Gasteiger partial charge in [-0.2, -0.15) is 0 Å². The monoisotopic (exact) mass is 388 g/mol. The summed E-state index contributed by atoms with van der Waals surface area (Å²) in [6.07, 6.45) is -0.819. The second kappa shape index (κ2) is 7.21. The van der Waals surface area contributed by atoms with Crippen LogP contribution in [0.5, 0.6) is 0 Å². The van der Waals surface area contributed by atoms with Crippen molar-refractivity contribution in [2.75, 3.05) is 6.61 Å². The van der Waals surface area contributed by atoms with Gasteiger partial charge in [-0.25, -0.2) is 17.2 Å². The maximum atomic E-state index is 12.8. The summed E-state index contributed by atoms with van der Waals surface area (Å²) in [7, 11) is -4.50. The molecule has 0 aliphatic rings. The summed E-state index contributed by atoms with van der Waals surface area (Å²) in [6.45, 7) is 1.51. The normalized spacial score (nSPS) is 12.6. The number of aliphatic hydroxyl groups is 1. The number of benzene rings is 1. The second-order valence-electron chi connectivity index (χ2n) is 4.76. The van der Waals surface area contributed by atoms with Gasteiger partial charge in [0, 0.05) is 17.3 Å². The van der Waals surface area contributed by atoms with Crippen LogP contribution >= 0.6 is 11.6 Å². The number of hydrogen-bond donors (Lipinski definition) is 1. The molecule has 0 aliphatic heterocycles. The van der Waals surface area contributed by atoms with Gasteiger partial charge in [0.1, 0.15) is 0 Å². The number of carbonyl (C=O) groups is 1. The highest BCUT2D eigenvalue weighted by Gasteiger charge is 2.32. The van der Waals surface area contributed by atoms with Crippen LogP contribution in [-0.2, 0) is 19.6 Å². The van der Waals surface area contributed by atoms with Gasteiger partial charge in [0.2, 0.25) is 0 Å². The first-order chi connectivity index (χ1) is 11.7. The summed E-state index contributed by atoms with van der Waals surface area (Å²) in [4.78, 5) is 21.3. The van der Waals surface area contributed by atoms with E-state index in [1.54, 1.807) is 0 Å².